The molecule has 1 amide bonds. The Morgan fingerprint density at radius 1 is 1.45 bits per heavy atom. The maximum Gasteiger partial charge on any atom is 0.224 e. The summed E-state index contributed by atoms with van der Waals surface area (Å²) < 4.78 is 0. The number of halogens is 1. The summed E-state index contributed by atoms with van der Waals surface area (Å²) >= 11 is 7.64. The van der Waals surface area contributed by atoms with Gasteiger partial charge in [-0.25, -0.2) is 0 Å². The van der Waals surface area contributed by atoms with E-state index in [1.54, 1.807) is 18.2 Å². The van der Waals surface area contributed by atoms with E-state index in [2.05, 4.69) is 23.5 Å². The highest BCUT2D eigenvalue weighted by atomic mass is 35.5. The Morgan fingerprint density at radius 3 is 2.85 bits per heavy atom. The largest absolute Gasteiger partial charge is 0.397 e. The second-order valence-electron chi connectivity index (χ2n) is 4.68. The second kappa shape index (κ2) is 9.10. The van der Waals surface area contributed by atoms with E-state index < -0.39 is 0 Å². The summed E-state index contributed by atoms with van der Waals surface area (Å²) in [7, 11) is 2.07. The van der Waals surface area contributed by atoms with Crippen molar-refractivity contribution in [2.75, 3.05) is 43.2 Å². The summed E-state index contributed by atoms with van der Waals surface area (Å²) in [5.41, 5.74) is 6.90. The lowest BCUT2D eigenvalue weighted by atomic mass is 10.2. The van der Waals surface area contributed by atoms with Crippen LogP contribution in [0.2, 0.25) is 5.02 Å². The molecular formula is C14H22ClN3OS. The molecule has 0 spiro atoms. The molecule has 0 fully saturated rings. The number of thioether (sulfide) groups is 1. The number of nitrogens with one attached hydrogen (secondary N) is 1. The molecule has 0 aliphatic rings. The van der Waals surface area contributed by atoms with Gasteiger partial charge in [-0.3, -0.25) is 4.79 Å². The van der Waals surface area contributed by atoms with Crippen LogP contribution in [0.4, 0.5) is 11.4 Å². The third-order valence-electron chi connectivity index (χ3n) is 2.91. The predicted octanol–water partition coefficient (Wildman–Crippen LogP) is 2.94. The Kier molecular flexibility index (Phi) is 7.80. The molecule has 1 rings (SSSR count). The van der Waals surface area contributed by atoms with Crippen molar-refractivity contribution in [3.8, 4) is 0 Å². The molecule has 1 aromatic carbocycles. The van der Waals surface area contributed by atoms with Gasteiger partial charge in [0.2, 0.25) is 5.91 Å². The van der Waals surface area contributed by atoms with Crippen molar-refractivity contribution in [1.29, 1.82) is 0 Å². The van der Waals surface area contributed by atoms with Crippen molar-refractivity contribution in [3.05, 3.63) is 23.2 Å². The lowest BCUT2D eigenvalue weighted by molar-refractivity contribution is -0.116. The summed E-state index contributed by atoms with van der Waals surface area (Å²) in [4.78, 5) is 14.1. The molecule has 0 bridgehead atoms. The van der Waals surface area contributed by atoms with E-state index in [4.69, 9.17) is 17.3 Å². The van der Waals surface area contributed by atoms with Crippen molar-refractivity contribution in [2.45, 2.75) is 12.8 Å². The van der Waals surface area contributed by atoms with Gasteiger partial charge in [0.05, 0.1) is 11.4 Å². The van der Waals surface area contributed by atoms with E-state index in [-0.39, 0.29) is 5.91 Å². The molecule has 3 N–H and O–H groups in total. The first-order valence-electron chi connectivity index (χ1n) is 6.55. The molecule has 112 valence electrons. The highest BCUT2D eigenvalue weighted by Gasteiger charge is 2.06. The van der Waals surface area contributed by atoms with Crippen molar-refractivity contribution >= 4 is 40.6 Å². The topological polar surface area (TPSA) is 58.4 Å². The van der Waals surface area contributed by atoms with E-state index in [9.17, 15) is 4.79 Å². The summed E-state index contributed by atoms with van der Waals surface area (Å²) in [6.07, 6.45) is 3.42. The summed E-state index contributed by atoms with van der Waals surface area (Å²) in [6.45, 7) is 1.97. The Bertz CT molecular complexity index is 442. The van der Waals surface area contributed by atoms with Gasteiger partial charge in [-0.1, -0.05) is 11.6 Å². The number of amides is 1. The third kappa shape index (κ3) is 6.50. The molecule has 20 heavy (non-hydrogen) atoms. The SMILES string of the molecule is CSCCN(C)CCCC(=O)Nc1ccc(Cl)cc1N. The number of rotatable bonds is 8. The van der Waals surface area contributed by atoms with Crippen LogP contribution in [0.1, 0.15) is 12.8 Å². The predicted molar refractivity (Wildman–Crippen MR) is 89.6 cm³/mol. The van der Waals surface area contributed by atoms with E-state index in [1.165, 1.54) is 0 Å². The first-order valence-corrected chi connectivity index (χ1v) is 8.32. The molecule has 1 aromatic rings. The number of carbonyl (C=O) groups excluding carboxylic acids is 1. The minimum Gasteiger partial charge on any atom is -0.397 e. The summed E-state index contributed by atoms with van der Waals surface area (Å²) in [5, 5.41) is 3.37. The van der Waals surface area contributed by atoms with Gasteiger partial charge < -0.3 is 16.0 Å². The van der Waals surface area contributed by atoms with E-state index in [0.717, 1.165) is 25.3 Å². The summed E-state index contributed by atoms with van der Waals surface area (Å²) in [6, 6.07) is 5.07. The maximum atomic E-state index is 11.8. The van der Waals surface area contributed by atoms with Crippen molar-refractivity contribution < 1.29 is 4.79 Å². The Hall–Kier alpha value is -0.910. The number of hydrogen-bond donors (Lipinski definition) is 2. The number of benzene rings is 1. The Morgan fingerprint density at radius 2 is 2.20 bits per heavy atom. The third-order valence-corrected chi connectivity index (χ3v) is 3.73. The quantitative estimate of drug-likeness (QED) is 0.724. The molecular weight excluding hydrogens is 294 g/mol. The van der Waals surface area contributed by atoms with E-state index in [1.807, 2.05) is 11.8 Å². The van der Waals surface area contributed by atoms with Crippen LogP contribution in [0.15, 0.2) is 18.2 Å². The van der Waals surface area contributed by atoms with Crippen LogP contribution in [-0.2, 0) is 4.79 Å². The standard InChI is InChI=1S/C14H22ClN3OS/c1-18(8-9-20-2)7-3-4-14(19)17-13-6-5-11(15)10-12(13)16/h5-6,10H,3-4,7-9,16H2,1-2H3,(H,17,19). The van der Waals surface area contributed by atoms with Crippen LogP contribution in [0, 0.1) is 0 Å². The number of anilines is 2. The van der Waals surface area contributed by atoms with Crippen LogP contribution in [0.3, 0.4) is 0 Å². The molecule has 0 saturated carbocycles. The van der Waals surface area contributed by atoms with Crippen LogP contribution in [0.5, 0.6) is 0 Å². The molecule has 6 heteroatoms. The smallest absolute Gasteiger partial charge is 0.224 e. The van der Waals surface area contributed by atoms with Gasteiger partial charge in [0, 0.05) is 23.7 Å². The molecule has 0 atom stereocenters. The molecule has 0 aliphatic heterocycles. The molecule has 0 saturated heterocycles. The average molecular weight is 316 g/mol. The fourth-order valence-electron chi connectivity index (χ4n) is 1.73. The molecule has 0 heterocycles. The van der Waals surface area contributed by atoms with Gasteiger partial charge in [0.1, 0.15) is 0 Å². The van der Waals surface area contributed by atoms with Gasteiger partial charge in [0.25, 0.3) is 0 Å². The monoisotopic (exact) mass is 315 g/mol. The normalized spacial score (nSPS) is 10.8. The van der Waals surface area contributed by atoms with Crippen LogP contribution < -0.4 is 11.1 Å². The van der Waals surface area contributed by atoms with Crippen LogP contribution in [-0.4, -0.2) is 43.0 Å². The fraction of sp³-hybridized carbons (Fsp3) is 0.500. The number of nitrogen functional groups attached to an aromatic ring is 1. The van der Waals surface area contributed by atoms with Gasteiger partial charge in [-0.15, -0.1) is 0 Å². The van der Waals surface area contributed by atoms with E-state index >= 15 is 0 Å². The maximum absolute atomic E-state index is 11.8. The highest BCUT2D eigenvalue weighted by molar-refractivity contribution is 7.98. The van der Waals surface area contributed by atoms with Gasteiger partial charge >= 0.3 is 0 Å². The Balaban J connectivity index is 2.30. The molecule has 0 aromatic heterocycles. The summed E-state index contributed by atoms with van der Waals surface area (Å²) in [5.74, 6) is 1.10. The minimum absolute atomic E-state index is 0.0164. The number of nitrogens with zero attached hydrogens (tertiary/aromatic N) is 1. The molecule has 0 unspecified atom stereocenters. The number of carbonyl (C=O) groups is 1. The number of nitrogens with two attached hydrogens (primary N) is 1. The van der Waals surface area contributed by atoms with Gasteiger partial charge in [0.15, 0.2) is 0 Å². The lowest BCUT2D eigenvalue weighted by Crippen LogP contribution is -2.23. The van der Waals surface area contributed by atoms with Crippen LogP contribution in [0.25, 0.3) is 0 Å². The average Bonchev–Trinajstić information content (AvgIpc) is 2.39. The van der Waals surface area contributed by atoms with Crippen molar-refractivity contribution in [2.24, 2.45) is 0 Å². The number of hydrogen-bond acceptors (Lipinski definition) is 4. The fourth-order valence-corrected chi connectivity index (χ4v) is 2.40. The van der Waals surface area contributed by atoms with Crippen molar-refractivity contribution in [1.82, 2.24) is 4.90 Å². The van der Waals surface area contributed by atoms with Gasteiger partial charge in [-0.2, -0.15) is 11.8 Å². The highest BCUT2D eigenvalue weighted by Crippen LogP contribution is 2.22. The lowest BCUT2D eigenvalue weighted by Gasteiger charge is -2.15. The van der Waals surface area contributed by atoms with Crippen LogP contribution >= 0.6 is 23.4 Å². The zero-order valence-corrected chi connectivity index (χ0v) is 13.6. The molecule has 4 nitrogen and oxygen atoms in total. The zero-order chi connectivity index (χ0) is 15.0. The minimum atomic E-state index is -0.0164. The second-order valence-corrected chi connectivity index (χ2v) is 6.10. The van der Waals surface area contributed by atoms with Gasteiger partial charge in [-0.05, 0) is 44.5 Å². The zero-order valence-electron chi connectivity index (χ0n) is 12.0. The molecule has 0 aliphatic carbocycles. The van der Waals surface area contributed by atoms with E-state index in [0.29, 0.717) is 22.8 Å². The molecule has 0 radical (unpaired) electrons. The Labute approximate surface area is 130 Å². The first-order chi connectivity index (χ1) is 9.52. The van der Waals surface area contributed by atoms with Crippen molar-refractivity contribution in [3.63, 3.8) is 0 Å². The first kappa shape index (κ1) is 17.1.